The van der Waals surface area contributed by atoms with Crippen molar-refractivity contribution in [3.05, 3.63) is 0 Å². The van der Waals surface area contributed by atoms with E-state index in [0.29, 0.717) is 5.41 Å². The quantitative estimate of drug-likeness (QED) is 0.557. The van der Waals surface area contributed by atoms with Gasteiger partial charge in [0.25, 0.3) is 0 Å². The number of hydrogen-bond acceptors (Lipinski definition) is 0. The van der Waals surface area contributed by atoms with Crippen molar-refractivity contribution in [2.45, 2.75) is 47.5 Å². The summed E-state index contributed by atoms with van der Waals surface area (Å²) in [5, 5.41) is 0. The first-order chi connectivity index (χ1) is 5.48. The van der Waals surface area contributed by atoms with Crippen LogP contribution in [0.1, 0.15) is 47.5 Å². The molecule has 0 bridgehead atoms. The molecule has 2 aliphatic carbocycles. The first kappa shape index (κ1) is 8.59. The van der Waals surface area contributed by atoms with Gasteiger partial charge in [-0.1, -0.05) is 41.0 Å². The summed E-state index contributed by atoms with van der Waals surface area (Å²) in [6.45, 7) is 12.2. The van der Waals surface area contributed by atoms with E-state index in [2.05, 4.69) is 34.6 Å². The molecule has 4 unspecified atom stereocenters. The smallest absolute Gasteiger partial charge is 0.0179 e. The Kier molecular flexibility index (Phi) is 1.49. The molecule has 1 spiro atoms. The fraction of sp³-hybridized carbons (Fsp3) is 1.00. The van der Waals surface area contributed by atoms with Gasteiger partial charge in [0.05, 0.1) is 0 Å². The Morgan fingerprint density at radius 2 is 1.83 bits per heavy atom. The maximum Gasteiger partial charge on any atom is -0.0179 e. The van der Waals surface area contributed by atoms with Crippen molar-refractivity contribution in [2.24, 2.45) is 28.6 Å². The van der Waals surface area contributed by atoms with Gasteiger partial charge in [-0.05, 0) is 35.0 Å². The zero-order valence-corrected chi connectivity index (χ0v) is 9.15. The highest BCUT2D eigenvalue weighted by molar-refractivity contribution is 5.24. The van der Waals surface area contributed by atoms with Crippen LogP contribution in [0.4, 0.5) is 0 Å². The second kappa shape index (κ2) is 2.08. The Bertz CT molecular complexity index is 204. The average Bonchev–Trinajstić information content (AvgIpc) is 2.50. The standard InChI is InChI=1S/C12H22/c1-6-10-11(4,5)12(10)7-8(2)9(12)3/h8-10H,6-7H2,1-5H3. The molecular formula is C12H22. The molecule has 2 fully saturated rings. The lowest BCUT2D eigenvalue weighted by molar-refractivity contribution is 0.0356. The molecule has 0 amide bonds. The summed E-state index contributed by atoms with van der Waals surface area (Å²) >= 11 is 0. The molecule has 0 heteroatoms. The van der Waals surface area contributed by atoms with E-state index >= 15 is 0 Å². The summed E-state index contributed by atoms with van der Waals surface area (Å²) in [7, 11) is 0. The van der Waals surface area contributed by atoms with E-state index < -0.39 is 0 Å². The van der Waals surface area contributed by atoms with Gasteiger partial charge < -0.3 is 0 Å². The maximum atomic E-state index is 2.48. The molecule has 0 heterocycles. The van der Waals surface area contributed by atoms with Crippen molar-refractivity contribution in [2.75, 3.05) is 0 Å². The zero-order valence-electron chi connectivity index (χ0n) is 9.15. The molecule has 0 N–H and O–H groups in total. The van der Waals surface area contributed by atoms with E-state index in [9.17, 15) is 0 Å². The predicted molar refractivity (Wildman–Crippen MR) is 52.9 cm³/mol. The first-order valence-corrected chi connectivity index (χ1v) is 5.48. The van der Waals surface area contributed by atoms with Gasteiger partial charge in [0.2, 0.25) is 0 Å². The molecule has 0 aromatic rings. The van der Waals surface area contributed by atoms with Crippen LogP contribution >= 0.6 is 0 Å². The fourth-order valence-corrected chi connectivity index (χ4v) is 4.43. The third-order valence-electron chi connectivity index (χ3n) is 5.34. The zero-order chi connectivity index (χ0) is 9.15. The Balaban J connectivity index is 2.17. The van der Waals surface area contributed by atoms with Crippen molar-refractivity contribution in [1.82, 2.24) is 0 Å². The van der Waals surface area contributed by atoms with E-state index in [0.717, 1.165) is 23.2 Å². The molecule has 70 valence electrons. The normalized spacial score (nSPS) is 55.2. The Hall–Kier alpha value is 0. The lowest BCUT2D eigenvalue weighted by atomic mass is 9.60. The summed E-state index contributed by atoms with van der Waals surface area (Å²) in [5.41, 5.74) is 1.43. The molecule has 0 aliphatic heterocycles. The molecule has 2 rings (SSSR count). The number of rotatable bonds is 1. The van der Waals surface area contributed by atoms with Crippen LogP contribution < -0.4 is 0 Å². The van der Waals surface area contributed by atoms with E-state index in [1.165, 1.54) is 12.8 Å². The van der Waals surface area contributed by atoms with Gasteiger partial charge >= 0.3 is 0 Å². The van der Waals surface area contributed by atoms with Gasteiger partial charge in [-0.2, -0.15) is 0 Å². The molecule has 0 nitrogen and oxygen atoms in total. The second-order valence-electron chi connectivity index (χ2n) is 5.69. The molecule has 0 aromatic carbocycles. The Morgan fingerprint density at radius 3 is 2.08 bits per heavy atom. The van der Waals surface area contributed by atoms with Crippen LogP contribution in [0, 0.1) is 28.6 Å². The van der Waals surface area contributed by atoms with Gasteiger partial charge in [-0.3, -0.25) is 0 Å². The first-order valence-electron chi connectivity index (χ1n) is 5.48. The van der Waals surface area contributed by atoms with Gasteiger partial charge in [0.15, 0.2) is 0 Å². The molecule has 2 aliphatic rings. The van der Waals surface area contributed by atoms with E-state index in [-0.39, 0.29) is 0 Å². The van der Waals surface area contributed by atoms with E-state index in [4.69, 9.17) is 0 Å². The summed E-state index contributed by atoms with van der Waals surface area (Å²) in [4.78, 5) is 0. The monoisotopic (exact) mass is 166 g/mol. The van der Waals surface area contributed by atoms with Crippen molar-refractivity contribution < 1.29 is 0 Å². The van der Waals surface area contributed by atoms with Crippen LogP contribution in [-0.4, -0.2) is 0 Å². The lowest BCUT2D eigenvalue weighted by Crippen LogP contribution is -2.38. The van der Waals surface area contributed by atoms with Crippen molar-refractivity contribution >= 4 is 0 Å². The SMILES string of the molecule is CCC1C(C)(C)C12CC(C)C2C. The predicted octanol–water partition coefficient (Wildman–Crippen LogP) is 3.71. The third-order valence-corrected chi connectivity index (χ3v) is 5.34. The molecular weight excluding hydrogens is 144 g/mol. The van der Waals surface area contributed by atoms with E-state index in [1.807, 2.05) is 0 Å². The van der Waals surface area contributed by atoms with Crippen LogP contribution in [0.25, 0.3) is 0 Å². The number of hydrogen-bond donors (Lipinski definition) is 0. The molecule has 4 atom stereocenters. The van der Waals surface area contributed by atoms with Gasteiger partial charge in [-0.25, -0.2) is 0 Å². The van der Waals surface area contributed by atoms with Gasteiger partial charge in [0, 0.05) is 0 Å². The summed E-state index contributed by atoms with van der Waals surface area (Å²) < 4.78 is 0. The van der Waals surface area contributed by atoms with Crippen molar-refractivity contribution in [3.8, 4) is 0 Å². The van der Waals surface area contributed by atoms with Crippen LogP contribution in [0.2, 0.25) is 0 Å². The van der Waals surface area contributed by atoms with Crippen LogP contribution in [-0.2, 0) is 0 Å². The molecule has 0 saturated heterocycles. The van der Waals surface area contributed by atoms with Crippen LogP contribution in [0.15, 0.2) is 0 Å². The second-order valence-corrected chi connectivity index (χ2v) is 5.69. The average molecular weight is 166 g/mol. The van der Waals surface area contributed by atoms with Crippen LogP contribution in [0.3, 0.4) is 0 Å². The minimum absolute atomic E-state index is 0.660. The highest BCUT2D eigenvalue weighted by Crippen LogP contribution is 2.82. The largest absolute Gasteiger partial charge is 0.0651 e. The summed E-state index contributed by atoms with van der Waals surface area (Å²) in [6, 6.07) is 0. The highest BCUT2D eigenvalue weighted by atomic mass is 14.8. The molecule has 2 saturated carbocycles. The highest BCUT2D eigenvalue weighted by Gasteiger charge is 2.76. The summed E-state index contributed by atoms with van der Waals surface area (Å²) in [6.07, 6.45) is 2.89. The molecule has 12 heavy (non-hydrogen) atoms. The topological polar surface area (TPSA) is 0 Å². The Labute approximate surface area is 76.7 Å². The maximum absolute atomic E-state index is 2.48. The van der Waals surface area contributed by atoms with Gasteiger partial charge in [0.1, 0.15) is 0 Å². The molecule has 0 aromatic heterocycles. The molecule has 0 radical (unpaired) electrons. The summed E-state index contributed by atoms with van der Waals surface area (Å²) in [5.74, 6) is 2.99. The minimum Gasteiger partial charge on any atom is -0.0651 e. The Morgan fingerprint density at radius 1 is 1.25 bits per heavy atom. The van der Waals surface area contributed by atoms with Crippen molar-refractivity contribution in [1.29, 1.82) is 0 Å². The van der Waals surface area contributed by atoms with E-state index in [1.54, 1.807) is 0 Å². The lowest BCUT2D eigenvalue weighted by Gasteiger charge is -2.45. The third kappa shape index (κ3) is 0.625. The fourth-order valence-electron chi connectivity index (χ4n) is 4.43. The van der Waals surface area contributed by atoms with Crippen LogP contribution in [0.5, 0.6) is 0 Å². The van der Waals surface area contributed by atoms with Gasteiger partial charge in [-0.15, -0.1) is 0 Å². The van der Waals surface area contributed by atoms with Crippen molar-refractivity contribution in [3.63, 3.8) is 0 Å². The minimum atomic E-state index is 0.660.